The first-order valence-electron chi connectivity index (χ1n) is 10.7. The van der Waals surface area contributed by atoms with E-state index < -0.39 is 12.6 Å². The van der Waals surface area contributed by atoms with Crippen LogP contribution in [-0.2, 0) is 16.1 Å². The number of rotatable bonds is 14. The molecule has 2 aromatic rings. The monoisotopic (exact) mass is 427 g/mol. The van der Waals surface area contributed by atoms with Gasteiger partial charge < -0.3 is 14.2 Å². The topological polar surface area (TPSA) is 40.6 Å². The van der Waals surface area contributed by atoms with Crippen molar-refractivity contribution in [2.45, 2.75) is 65.2 Å². The van der Waals surface area contributed by atoms with Gasteiger partial charge in [-0.2, -0.15) is 13.2 Å². The van der Waals surface area contributed by atoms with Gasteiger partial charge in [-0.05, 0) is 44.7 Å². The van der Waals surface area contributed by atoms with Gasteiger partial charge in [-0.15, -0.1) is 0 Å². The molecule has 1 aromatic carbocycles. The number of para-hydroxylation sites is 1. The molecule has 0 aliphatic heterocycles. The maximum atomic E-state index is 12.0. The third-order valence-electron chi connectivity index (χ3n) is 4.74. The van der Waals surface area contributed by atoms with E-state index in [0.29, 0.717) is 26.4 Å². The molecule has 0 saturated heterocycles. The number of benzene rings is 1. The first-order chi connectivity index (χ1) is 14.4. The molecule has 4 nitrogen and oxygen atoms in total. The molecule has 168 valence electrons. The standard InChI is InChI=1S/C23H32F3NO3/c1-3-4-16-30-22-18(2)21(27-20-11-6-5-10-19(20)22)17-29-14-8-7-13-28-15-9-12-23(24,25)26/h5-6,10-11H,3-4,7-9,12-17H2,1-2H3. The van der Waals surface area contributed by atoms with Crippen LogP contribution in [0.1, 0.15) is 56.7 Å². The van der Waals surface area contributed by atoms with Crippen LogP contribution in [0.2, 0.25) is 0 Å². The number of nitrogens with zero attached hydrogens (tertiary/aromatic N) is 1. The second-order valence-corrected chi connectivity index (χ2v) is 7.32. The number of fused-ring (bicyclic) bond motifs is 1. The number of hydrogen-bond donors (Lipinski definition) is 0. The SMILES string of the molecule is CCCCOc1c(C)c(COCCCCOCCCC(F)(F)F)nc2ccccc12. The number of hydrogen-bond acceptors (Lipinski definition) is 4. The van der Waals surface area contributed by atoms with Crippen LogP contribution >= 0.6 is 0 Å². The summed E-state index contributed by atoms with van der Waals surface area (Å²) in [6.07, 6.45) is -1.28. The Labute approximate surface area is 176 Å². The molecule has 0 fully saturated rings. The van der Waals surface area contributed by atoms with Gasteiger partial charge in [-0.1, -0.05) is 25.5 Å². The molecule has 2 rings (SSSR count). The second-order valence-electron chi connectivity index (χ2n) is 7.32. The number of halogens is 3. The Balaban J connectivity index is 1.76. The van der Waals surface area contributed by atoms with Gasteiger partial charge in [0, 0.05) is 37.2 Å². The van der Waals surface area contributed by atoms with Crippen molar-refractivity contribution in [1.82, 2.24) is 4.98 Å². The van der Waals surface area contributed by atoms with E-state index in [1.807, 2.05) is 31.2 Å². The van der Waals surface area contributed by atoms with Gasteiger partial charge >= 0.3 is 6.18 Å². The molecule has 1 aromatic heterocycles. The maximum Gasteiger partial charge on any atom is 0.389 e. The fourth-order valence-electron chi connectivity index (χ4n) is 3.02. The highest BCUT2D eigenvalue weighted by Crippen LogP contribution is 2.31. The van der Waals surface area contributed by atoms with E-state index in [-0.39, 0.29) is 13.0 Å². The summed E-state index contributed by atoms with van der Waals surface area (Å²) in [5.41, 5.74) is 2.75. The summed E-state index contributed by atoms with van der Waals surface area (Å²) < 4.78 is 53.2. The normalized spacial score (nSPS) is 11.9. The Morgan fingerprint density at radius 3 is 2.33 bits per heavy atom. The first kappa shape index (κ1) is 24.4. The summed E-state index contributed by atoms with van der Waals surface area (Å²) in [6, 6.07) is 7.94. The minimum absolute atomic E-state index is 0.00949. The van der Waals surface area contributed by atoms with Crippen LogP contribution in [0, 0.1) is 6.92 Å². The predicted octanol–water partition coefficient (Wildman–Crippen LogP) is 6.38. The predicted molar refractivity (Wildman–Crippen MR) is 112 cm³/mol. The van der Waals surface area contributed by atoms with Crippen molar-refractivity contribution in [3.05, 3.63) is 35.5 Å². The molecule has 0 aliphatic carbocycles. The second kappa shape index (κ2) is 12.7. The van der Waals surface area contributed by atoms with Crippen LogP contribution < -0.4 is 4.74 Å². The Morgan fingerprint density at radius 2 is 1.60 bits per heavy atom. The highest BCUT2D eigenvalue weighted by atomic mass is 19.4. The van der Waals surface area contributed by atoms with Crippen molar-refractivity contribution in [2.75, 3.05) is 26.4 Å². The maximum absolute atomic E-state index is 12.0. The van der Waals surface area contributed by atoms with Gasteiger partial charge in [0.15, 0.2) is 0 Å². The highest BCUT2D eigenvalue weighted by Gasteiger charge is 2.25. The molecule has 0 spiro atoms. The first-order valence-corrected chi connectivity index (χ1v) is 10.7. The molecule has 7 heteroatoms. The zero-order valence-electron chi connectivity index (χ0n) is 17.9. The molecule has 0 aliphatic rings. The van der Waals surface area contributed by atoms with Crippen molar-refractivity contribution in [3.8, 4) is 5.75 Å². The number of aromatic nitrogens is 1. The van der Waals surface area contributed by atoms with Crippen molar-refractivity contribution in [3.63, 3.8) is 0 Å². The molecule has 0 atom stereocenters. The van der Waals surface area contributed by atoms with Crippen LogP contribution in [0.15, 0.2) is 24.3 Å². The minimum atomic E-state index is -4.10. The number of unbranched alkanes of at least 4 members (excludes halogenated alkanes) is 2. The summed E-state index contributed by atoms with van der Waals surface area (Å²) >= 11 is 0. The molecule has 0 saturated carbocycles. The van der Waals surface area contributed by atoms with E-state index in [9.17, 15) is 13.2 Å². The number of alkyl halides is 3. The summed E-state index contributed by atoms with van der Waals surface area (Å²) in [6.45, 7) is 6.35. The lowest BCUT2D eigenvalue weighted by molar-refractivity contribution is -0.137. The van der Waals surface area contributed by atoms with E-state index in [2.05, 4.69) is 6.92 Å². The van der Waals surface area contributed by atoms with Gasteiger partial charge in [0.2, 0.25) is 0 Å². The van der Waals surface area contributed by atoms with Crippen LogP contribution in [-0.4, -0.2) is 37.6 Å². The molecular formula is C23H32F3NO3. The summed E-state index contributed by atoms with van der Waals surface area (Å²) in [7, 11) is 0. The van der Waals surface area contributed by atoms with Crippen LogP contribution in [0.3, 0.4) is 0 Å². The third-order valence-corrected chi connectivity index (χ3v) is 4.74. The molecule has 0 unspecified atom stereocenters. The van der Waals surface area contributed by atoms with Crippen LogP contribution in [0.5, 0.6) is 5.75 Å². The molecule has 0 bridgehead atoms. The van der Waals surface area contributed by atoms with Crippen LogP contribution in [0.4, 0.5) is 13.2 Å². The largest absolute Gasteiger partial charge is 0.493 e. The number of pyridine rings is 1. The fraction of sp³-hybridized carbons (Fsp3) is 0.609. The average Bonchev–Trinajstić information content (AvgIpc) is 2.70. The summed E-state index contributed by atoms with van der Waals surface area (Å²) in [5.74, 6) is 0.875. The molecule has 30 heavy (non-hydrogen) atoms. The van der Waals surface area contributed by atoms with Gasteiger partial charge in [0.1, 0.15) is 5.75 Å². The van der Waals surface area contributed by atoms with Crippen LogP contribution in [0.25, 0.3) is 10.9 Å². The van der Waals surface area contributed by atoms with E-state index in [1.165, 1.54) is 0 Å². The van der Waals surface area contributed by atoms with Crippen molar-refractivity contribution >= 4 is 10.9 Å². The van der Waals surface area contributed by atoms with Crippen molar-refractivity contribution in [2.24, 2.45) is 0 Å². The lowest BCUT2D eigenvalue weighted by Gasteiger charge is -2.15. The highest BCUT2D eigenvalue weighted by molar-refractivity contribution is 5.86. The molecule has 0 N–H and O–H groups in total. The fourth-order valence-corrected chi connectivity index (χ4v) is 3.02. The zero-order valence-corrected chi connectivity index (χ0v) is 17.9. The molecular weight excluding hydrogens is 395 g/mol. The Morgan fingerprint density at radius 1 is 0.900 bits per heavy atom. The lowest BCUT2D eigenvalue weighted by atomic mass is 10.1. The van der Waals surface area contributed by atoms with Gasteiger partial charge in [-0.3, -0.25) is 0 Å². The number of ether oxygens (including phenoxy) is 3. The summed E-state index contributed by atoms with van der Waals surface area (Å²) in [4.78, 5) is 4.73. The molecule has 0 amide bonds. The van der Waals surface area contributed by atoms with E-state index in [4.69, 9.17) is 19.2 Å². The third kappa shape index (κ3) is 8.48. The molecule has 0 radical (unpaired) electrons. The van der Waals surface area contributed by atoms with E-state index in [0.717, 1.165) is 53.6 Å². The average molecular weight is 428 g/mol. The van der Waals surface area contributed by atoms with E-state index in [1.54, 1.807) is 0 Å². The summed E-state index contributed by atoms with van der Waals surface area (Å²) in [5, 5.41) is 1.01. The quantitative estimate of drug-likeness (QED) is 0.328. The Bertz CT molecular complexity index is 765. The van der Waals surface area contributed by atoms with Crippen molar-refractivity contribution in [1.29, 1.82) is 0 Å². The Hall–Kier alpha value is -1.86. The van der Waals surface area contributed by atoms with Crippen molar-refractivity contribution < 1.29 is 27.4 Å². The molecule has 1 heterocycles. The zero-order chi connectivity index (χ0) is 21.8. The lowest BCUT2D eigenvalue weighted by Crippen LogP contribution is -2.09. The smallest absolute Gasteiger partial charge is 0.389 e. The Kier molecular flexibility index (Phi) is 10.4. The van der Waals surface area contributed by atoms with Gasteiger partial charge in [-0.25, -0.2) is 4.98 Å². The van der Waals surface area contributed by atoms with Gasteiger partial charge in [0.05, 0.1) is 24.4 Å². The minimum Gasteiger partial charge on any atom is -0.493 e. The van der Waals surface area contributed by atoms with Gasteiger partial charge in [0.25, 0.3) is 0 Å². The van der Waals surface area contributed by atoms with E-state index >= 15 is 0 Å².